The Labute approximate surface area is 108 Å². The Morgan fingerprint density at radius 2 is 1.84 bits per heavy atom. The zero-order valence-electron chi connectivity index (χ0n) is 9.86. The first-order valence-corrected chi connectivity index (χ1v) is 5.58. The second-order valence-corrected chi connectivity index (χ2v) is 3.98. The van der Waals surface area contributed by atoms with Gasteiger partial charge < -0.3 is 10.4 Å². The van der Waals surface area contributed by atoms with E-state index in [1.165, 1.54) is 0 Å². The van der Waals surface area contributed by atoms with Crippen LogP contribution in [0.1, 0.15) is 5.56 Å². The first-order chi connectivity index (χ1) is 9.06. The fourth-order valence-corrected chi connectivity index (χ4v) is 1.70. The number of aliphatic carboxylic acids is 1. The maximum atomic E-state index is 13.5. The second kappa shape index (κ2) is 5.48. The third-order valence-electron chi connectivity index (χ3n) is 2.56. The molecule has 0 aliphatic carbocycles. The Balaban J connectivity index is 2.32. The van der Waals surface area contributed by atoms with Gasteiger partial charge in [0.05, 0.1) is 12.1 Å². The van der Waals surface area contributed by atoms with Crippen LogP contribution in [0.4, 0.5) is 20.2 Å². The summed E-state index contributed by atoms with van der Waals surface area (Å²) < 4.78 is 26.6. The highest BCUT2D eigenvalue weighted by Crippen LogP contribution is 2.24. The Bertz CT molecular complexity index is 614. The number of halogens is 2. The summed E-state index contributed by atoms with van der Waals surface area (Å²) in [6.45, 7) is 0. The highest BCUT2D eigenvalue weighted by Gasteiger charge is 2.09. The van der Waals surface area contributed by atoms with Gasteiger partial charge in [-0.1, -0.05) is 18.2 Å². The highest BCUT2D eigenvalue weighted by atomic mass is 19.1. The maximum Gasteiger partial charge on any atom is 0.307 e. The minimum absolute atomic E-state index is 0.0298. The third kappa shape index (κ3) is 3.28. The standard InChI is InChI=1S/C14H11F2NO2/c15-10-5-6-11(16)13(8-10)17-12-4-2-1-3-9(12)7-14(18)19/h1-6,8,17H,7H2,(H,18,19). The molecule has 0 fully saturated rings. The summed E-state index contributed by atoms with van der Waals surface area (Å²) in [4.78, 5) is 10.7. The fourth-order valence-electron chi connectivity index (χ4n) is 1.70. The van der Waals surface area contributed by atoms with Crippen molar-refractivity contribution in [2.45, 2.75) is 6.42 Å². The zero-order chi connectivity index (χ0) is 13.8. The van der Waals surface area contributed by atoms with Crippen molar-refractivity contribution in [2.24, 2.45) is 0 Å². The maximum absolute atomic E-state index is 13.5. The SMILES string of the molecule is O=C(O)Cc1ccccc1Nc1cc(F)ccc1F. The van der Waals surface area contributed by atoms with Gasteiger partial charge in [0.25, 0.3) is 0 Å². The lowest BCUT2D eigenvalue weighted by Crippen LogP contribution is -2.04. The van der Waals surface area contributed by atoms with Gasteiger partial charge in [-0.25, -0.2) is 8.78 Å². The average molecular weight is 263 g/mol. The summed E-state index contributed by atoms with van der Waals surface area (Å²) in [5, 5.41) is 11.5. The van der Waals surface area contributed by atoms with Gasteiger partial charge in [-0.15, -0.1) is 0 Å². The molecule has 0 aliphatic rings. The van der Waals surface area contributed by atoms with Crippen LogP contribution < -0.4 is 5.32 Å². The lowest BCUT2D eigenvalue weighted by Gasteiger charge is -2.11. The van der Waals surface area contributed by atoms with Gasteiger partial charge in [0.2, 0.25) is 0 Å². The van der Waals surface area contributed by atoms with E-state index in [1.807, 2.05) is 0 Å². The van der Waals surface area contributed by atoms with Crippen molar-refractivity contribution in [1.29, 1.82) is 0 Å². The largest absolute Gasteiger partial charge is 0.481 e. The monoisotopic (exact) mass is 263 g/mol. The van der Waals surface area contributed by atoms with Crippen molar-refractivity contribution in [1.82, 2.24) is 0 Å². The summed E-state index contributed by atoms with van der Waals surface area (Å²) in [6.07, 6.45) is -0.194. The lowest BCUT2D eigenvalue weighted by molar-refractivity contribution is -0.136. The third-order valence-corrected chi connectivity index (χ3v) is 2.56. The van der Waals surface area contributed by atoms with E-state index >= 15 is 0 Å². The molecule has 0 atom stereocenters. The molecule has 19 heavy (non-hydrogen) atoms. The van der Waals surface area contributed by atoms with Crippen molar-refractivity contribution >= 4 is 17.3 Å². The number of rotatable bonds is 4. The quantitative estimate of drug-likeness (QED) is 0.889. The Kier molecular flexibility index (Phi) is 3.75. The van der Waals surface area contributed by atoms with E-state index in [0.717, 1.165) is 18.2 Å². The molecule has 0 saturated heterocycles. The summed E-state index contributed by atoms with van der Waals surface area (Å²) in [6, 6.07) is 9.65. The van der Waals surface area contributed by atoms with Gasteiger partial charge in [0.15, 0.2) is 0 Å². The van der Waals surface area contributed by atoms with Crippen molar-refractivity contribution in [3.63, 3.8) is 0 Å². The van der Waals surface area contributed by atoms with E-state index in [1.54, 1.807) is 24.3 Å². The molecule has 0 unspecified atom stereocenters. The van der Waals surface area contributed by atoms with Crippen molar-refractivity contribution < 1.29 is 18.7 Å². The van der Waals surface area contributed by atoms with Crippen molar-refractivity contribution in [3.05, 3.63) is 59.7 Å². The van der Waals surface area contributed by atoms with Crippen molar-refractivity contribution in [2.75, 3.05) is 5.32 Å². The van der Waals surface area contributed by atoms with Crippen molar-refractivity contribution in [3.8, 4) is 0 Å². The number of carbonyl (C=O) groups is 1. The molecule has 98 valence electrons. The number of carboxylic acid groups (broad SMARTS) is 1. The highest BCUT2D eigenvalue weighted by molar-refractivity contribution is 5.75. The van der Waals surface area contributed by atoms with E-state index in [9.17, 15) is 13.6 Å². The molecule has 0 saturated carbocycles. The molecule has 2 rings (SSSR count). The number of para-hydroxylation sites is 1. The van der Waals surface area contributed by atoms with Crippen LogP contribution in [0.2, 0.25) is 0 Å². The fraction of sp³-hybridized carbons (Fsp3) is 0.0714. The molecule has 0 bridgehead atoms. The number of hydrogen-bond acceptors (Lipinski definition) is 2. The molecular weight excluding hydrogens is 252 g/mol. The number of benzene rings is 2. The molecule has 2 N–H and O–H groups in total. The molecule has 0 amide bonds. The normalized spacial score (nSPS) is 10.2. The van der Waals surface area contributed by atoms with Crippen LogP contribution in [0.5, 0.6) is 0 Å². The van der Waals surface area contributed by atoms with Crippen LogP contribution in [-0.2, 0) is 11.2 Å². The Morgan fingerprint density at radius 3 is 2.58 bits per heavy atom. The smallest absolute Gasteiger partial charge is 0.307 e. The number of carboxylic acids is 1. The number of anilines is 2. The van der Waals surface area contributed by atoms with Crippen LogP contribution >= 0.6 is 0 Å². The Hall–Kier alpha value is -2.43. The molecule has 0 radical (unpaired) electrons. The predicted octanol–water partition coefficient (Wildman–Crippen LogP) is 3.34. The van der Waals surface area contributed by atoms with Crippen LogP contribution in [0.15, 0.2) is 42.5 Å². The van der Waals surface area contributed by atoms with Crippen LogP contribution in [0.25, 0.3) is 0 Å². The molecule has 3 nitrogen and oxygen atoms in total. The van der Waals surface area contributed by atoms with Crippen LogP contribution in [0.3, 0.4) is 0 Å². The summed E-state index contributed by atoms with van der Waals surface area (Å²) >= 11 is 0. The minimum Gasteiger partial charge on any atom is -0.481 e. The van der Waals surface area contributed by atoms with E-state index in [4.69, 9.17) is 5.11 Å². The topological polar surface area (TPSA) is 49.3 Å². The molecular formula is C14H11F2NO2. The molecule has 0 aromatic heterocycles. The molecule has 0 aliphatic heterocycles. The molecule has 0 heterocycles. The molecule has 5 heteroatoms. The second-order valence-electron chi connectivity index (χ2n) is 3.98. The minimum atomic E-state index is -0.992. The molecule has 2 aromatic rings. The van der Waals surface area contributed by atoms with Gasteiger partial charge in [-0.05, 0) is 23.8 Å². The summed E-state index contributed by atoms with van der Waals surface area (Å²) in [7, 11) is 0. The van der Waals surface area contributed by atoms with Crippen LogP contribution in [-0.4, -0.2) is 11.1 Å². The molecule has 0 spiro atoms. The van der Waals surface area contributed by atoms with E-state index in [0.29, 0.717) is 11.3 Å². The predicted molar refractivity (Wildman–Crippen MR) is 67.4 cm³/mol. The lowest BCUT2D eigenvalue weighted by atomic mass is 10.1. The van der Waals surface area contributed by atoms with Gasteiger partial charge in [-0.2, -0.15) is 0 Å². The first kappa shape index (κ1) is 13.0. The number of nitrogens with one attached hydrogen (secondary N) is 1. The van der Waals surface area contributed by atoms with Gasteiger partial charge >= 0.3 is 5.97 Å². The van der Waals surface area contributed by atoms with E-state index in [-0.39, 0.29) is 12.1 Å². The summed E-state index contributed by atoms with van der Waals surface area (Å²) in [5.41, 5.74) is 0.908. The van der Waals surface area contributed by atoms with E-state index < -0.39 is 17.6 Å². The first-order valence-electron chi connectivity index (χ1n) is 5.58. The van der Waals surface area contributed by atoms with E-state index in [2.05, 4.69) is 5.32 Å². The zero-order valence-corrected chi connectivity index (χ0v) is 9.86. The van der Waals surface area contributed by atoms with Gasteiger partial charge in [0, 0.05) is 11.8 Å². The van der Waals surface area contributed by atoms with Crippen LogP contribution in [0, 0.1) is 11.6 Å². The number of hydrogen-bond donors (Lipinski definition) is 2. The van der Waals surface area contributed by atoms with Gasteiger partial charge in [0.1, 0.15) is 11.6 Å². The van der Waals surface area contributed by atoms with Gasteiger partial charge in [-0.3, -0.25) is 4.79 Å². The average Bonchev–Trinajstić information content (AvgIpc) is 2.35. The summed E-state index contributed by atoms with van der Waals surface area (Å²) in [5.74, 6) is -2.17. The Morgan fingerprint density at radius 1 is 1.11 bits per heavy atom. The molecule has 2 aromatic carbocycles.